The summed E-state index contributed by atoms with van der Waals surface area (Å²) in [7, 11) is 0. The zero-order valence-electron chi connectivity index (χ0n) is 20.2. The number of hydrogen-bond donors (Lipinski definition) is 0. The smallest absolute Gasteiger partial charge is 0.248 e. The van der Waals surface area contributed by atoms with Crippen molar-refractivity contribution in [1.29, 1.82) is 0 Å². The molecule has 6 aromatic heterocycles. The molecule has 0 N–H and O–H groups in total. The Bertz CT molecular complexity index is 1600. The fraction of sp³-hybridized carbons (Fsp3) is 0.0833. The molecule has 39 heavy (non-hydrogen) atoms. The SMILES string of the molecule is CC.O=c1n(-c2ccsc2)c2c(n1-c1ccsc1)S[N+]1(S2)Sc2c(n(-c3ccsc3)c(=O)n2-c2ccsc2)S1. The van der Waals surface area contributed by atoms with Gasteiger partial charge in [-0.25, -0.2) is 27.9 Å². The topological polar surface area (TPSA) is 53.9 Å². The van der Waals surface area contributed by atoms with E-state index in [-0.39, 0.29) is 11.4 Å². The summed E-state index contributed by atoms with van der Waals surface area (Å²) in [4.78, 5) is 27.4. The minimum Gasteiger partial charge on any atom is -0.248 e. The molecule has 0 saturated carbocycles. The number of imidazole rings is 2. The molecule has 7 nitrogen and oxygen atoms in total. The molecule has 0 aromatic carbocycles. The number of hydrogen-bond acceptors (Lipinski definition) is 10. The summed E-state index contributed by atoms with van der Waals surface area (Å²) >= 11 is 12.8. The summed E-state index contributed by atoms with van der Waals surface area (Å²) in [5.74, 6) is 0. The van der Waals surface area contributed by atoms with Crippen LogP contribution in [0.4, 0.5) is 0 Å². The molecule has 0 amide bonds. The number of rotatable bonds is 4. The molecular weight excluding hydrogens is 647 g/mol. The summed E-state index contributed by atoms with van der Waals surface area (Å²) in [6.45, 7) is 4.00. The van der Waals surface area contributed by atoms with Gasteiger partial charge in [0.05, 0.1) is 22.7 Å². The second-order valence-corrected chi connectivity index (χ2v) is 16.8. The lowest BCUT2D eigenvalue weighted by molar-refractivity contribution is -0.268. The van der Waals surface area contributed by atoms with Crippen LogP contribution >= 0.6 is 93.1 Å². The van der Waals surface area contributed by atoms with Gasteiger partial charge in [-0.3, -0.25) is 0 Å². The van der Waals surface area contributed by atoms with Crippen molar-refractivity contribution in [2.24, 2.45) is 0 Å². The van der Waals surface area contributed by atoms with Gasteiger partial charge in [0.1, 0.15) is 0 Å². The number of nitrogens with zero attached hydrogens (tertiary/aromatic N) is 5. The molecule has 8 rings (SSSR count). The third-order valence-corrected chi connectivity index (χ3v) is 14.5. The molecule has 0 bridgehead atoms. The lowest BCUT2D eigenvalue weighted by atomic mass is 10.5. The van der Waals surface area contributed by atoms with E-state index in [0.29, 0.717) is 2.10 Å². The second-order valence-electron chi connectivity index (χ2n) is 7.87. The fourth-order valence-corrected chi connectivity index (χ4v) is 13.2. The summed E-state index contributed by atoms with van der Waals surface area (Å²) in [6.07, 6.45) is 0. The molecule has 2 aliphatic rings. The summed E-state index contributed by atoms with van der Waals surface area (Å²) in [5, 5.41) is 19.6. The van der Waals surface area contributed by atoms with Gasteiger partial charge in [0.15, 0.2) is 67.9 Å². The van der Waals surface area contributed by atoms with Crippen molar-refractivity contribution in [2.45, 2.75) is 34.0 Å². The van der Waals surface area contributed by atoms with Crippen molar-refractivity contribution in [3.8, 4) is 22.7 Å². The third-order valence-electron chi connectivity index (χ3n) is 5.79. The molecule has 15 heteroatoms. The number of quaternary nitrogens is 1. The van der Waals surface area contributed by atoms with E-state index in [1.807, 2.05) is 99.4 Å². The summed E-state index contributed by atoms with van der Waals surface area (Å²) in [5.41, 5.74) is 3.36. The minimum absolute atomic E-state index is 0.0654. The van der Waals surface area contributed by atoms with E-state index in [0.717, 1.165) is 42.9 Å². The van der Waals surface area contributed by atoms with Crippen LogP contribution in [0.5, 0.6) is 0 Å². The summed E-state index contributed by atoms with van der Waals surface area (Å²) < 4.78 is 7.71. The van der Waals surface area contributed by atoms with Gasteiger partial charge in [-0.05, 0) is 45.8 Å². The maximum Gasteiger partial charge on any atom is 0.339 e. The first-order valence-corrected chi connectivity index (χ1v) is 18.5. The van der Waals surface area contributed by atoms with E-state index in [9.17, 15) is 9.59 Å². The Kier molecular flexibility index (Phi) is 6.84. The van der Waals surface area contributed by atoms with E-state index >= 15 is 0 Å². The van der Waals surface area contributed by atoms with Crippen LogP contribution in [0.3, 0.4) is 0 Å². The largest absolute Gasteiger partial charge is 0.339 e. The zero-order valence-corrected chi connectivity index (χ0v) is 26.8. The fourth-order valence-electron chi connectivity index (χ4n) is 4.23. The molecule has 198 valence electrons. The Labute approximate surface area is 256 Å². The Morgan fingerprint density at radius 1 is 0.487 bits per heavy atom. The quantitative estimate of drug-likeness (QED) is 0.139. The van der Waals surface area contributed by atoms with Gasteiger partial charge >= 0.3 is 11.4 Å². The highest BCUT2D eigenvalue weighted by molar-refractivity contribution is 8.31. The van der Waals surface area contributed by atoms with Crippen LogP contribution in [-0.2, 0) is 0 Å². The summed E-state index contributed by atoms with van der Waals surface area (Å²) in [6, 6.07) is 7.93. The molecule has 6 aromatic rings. The Balaban J connectivity index is 0.00000124. The molecule has 0 radical (unpaired) electrons. The van der Waals surface area contributed by atoms with Gasteiger partial charge < -0.3 is 0 Å². The average molecular weight is 665 g/mol. The maximum absolute atomic E-state index is 13.7. The number of fused-ring (bicyclic) bond motifs is 2. The van der Waals surface area contributed by atoms with E-state index in [4.69, 9.17) is 0 Å². The van der Waals surface area contributed by atoms with Crippen LogP contribution in [0.25, 0.3) is 22.7 Å². The molecule has 1 spiro atoms. The molecule has 2 aliphatic heterocycles. The molecule has 0 fully saturated rings. The average Bonchev–Trinajstić information content (AvgIpc) is 3.77. The predicted molar refractivity (Wildman–Crippen MR) is 169 cm³/mol. The predicted octanol–water partition coefficient (Wildman–Crippen LogP) is 8.41. The maximum atomic E-state index is 13.7. The van der Waals surface area contributed by atoms with Crippen molar-refractivity contribution >= 4 is 93.1 Å². The zero-order chi connectivity index (χ0) is 26.7. The molecule has 0 saturated heterocycles. The molecule has 0 atom stereocenters. The van der Waals surface area contributed by atoms with E-state index in [2.05, 4.69) is 0 Å². The van der Waals surface area contributed by atoms with Gasteiger partial charge in [-0.1, -0.05) is 16.0 Å². The molecule has 8 heterocycles. The van der Waals surface area contributed by atoms with E-state index in [1.54, 1.807) is 93.1 Å². The van der Waals surface area contributed by atoms with Gasteiger partial charge in [0.2, 0.25) is 0 Å². The molecular formula is C24H18N5O2S8+. The third kappa shape index (κ3) is 4.05. The number of thiophene rings is 4. The molecule has 0 unspecified atom stereocenters. The van der Waals surface area contributed by atoms with Crippen LogP contribution in [0.15, 0.2) is 97.0 Å². The van der Waals surface area contributed by atoms with Crippen LogP contribution < -0.4 is 11.4 Å². The first kappa shape index (κ1) is 26.1. The van der Waals surface area contributed by atoms with Crippen LogP contribution in [-0.4, -0.2) is 20.4 Å². The van der Waals surface area contributed by atoms with Crippen LogP contribution in [0, 0.1) is 0 Å². The van der Waals surface area contributed by atoms with Gasteiger partial charge in [-0.2, -0.15) is 45.3 Å². The highest BCUT2D eigenvalue weighted by Gasteiger charge is 2.58. The highest BCUT2D eigenvalue weighted by Crippen LogP contribution is 2.71. The standard InChI is InChI=1S/C22H12N5O2S8.C2H6/c28-21-23(13-1-5-30-9-13)17-18(24(21)14-2-6-31-10-14)35-27(34-17)36-19-20(37-27)26(16-4-8-33-12-16)22(29)25(19)15-3-7-32-11-15;1-2/h1-12H;1-2H3/q+1;. The Hall–Kier alpha value is -1.82. The van der Waals surface area contributed by atoms with Gasteiger partial charge in [-0.15, -0.1) is 0 Å². The van der Waals surface area contributed by atoms with Gasteiger partial charge in [0, 0.05) is 21.5 Å². The van der Waals surface area contributed by atoms with Crippen LogP contribution in [0.2, 0.25) is 0 Å². The first-order valence-electron chi connectivity index (χ1n) is 11.7. The lowest BCUT2D eigenvalue weighted by Gasteiger charge is -2.17. The van der Waals surface area contributed by atoms with Crippen molar-refractivity contribution in [3.05, 3.63) is 88.3 Å². The first-order chi connectivity index (χ1) is 19.1. The minimum atomic E-state index is -0.0654. The highest BCUT2D eigenvalue weighted by atomic mass is 32.3. The van der Waals surface area contributed by atoms with Crippen molar-refractivity contribution in [3.63, 3.8) is 0 Å². The Morgan fingerprint density at radius 3 is 0.949 bits per heavy atom. The van der Waals surface area contributed by atoms with Gasteiger partial charge in [0.25, 0.3) is 0 Å². The van der Waals surface area contributed by atoms with Crippen molar-refractivity contribution in [2.75, 3.05) is 0 Å². The van der Waals surface area contributed by atoms with Crippen LogP contribution in [0.1, 0.15) is 13.8 Å². The Morgan fingerprint density at radius 2 is 0.744 bits per heavy atom. The molecule has 0 aliphatic carbocycles. The van der Waals surface area contributed by atoms with Crippen molar-refractivity contribution in [1.82, 2.24) is 18.3 Å². The monoisotopic (exact) mass is 664 g/mol. The normalized spacial score (nSPS) is 14.9. The second kappa shape index (κ2) is 10.2. The van der Waals surface area contributed by atoms with E-state index in [1.165, 1.54) is 0 Å². The lowest BCUT2D eigenvalue weighted by Crippen LogP contribution is -2.25. The number of aromatic nitrogens is 4. The van der Waals surface area contributed by atoms with Crippen molar-refractivity contribution < 1.29 is 2.10 Å². The van der Waals surface area contributed by atoms with E-state index < -0.39 is 0 Å².